The van der Waals surface area contributed by atoms with Gasteiger partial charge in [-0.2, -0.15) is 0 Å². The summed E-state index contributed by atoms with van der Waals surface area (Å²) in [5, 5.41) is 10.6. The first-order chi connectivity index (χ1) is 42.1. The van der Waals surface area contributed by atoms with Gasteiger partial charge in [-0.3, -0.25) is 37.3 Å². The van der Waals surface area contributed by atoms with E-state index in [-0.39, 0.29) is 25.7 Å². The van der Waals surface area contributed by atoms with Crippen molar-refractivity contribution in [2.24, 2.45) is 5.92 Å². The number of esters is 4. The zero-order valence-electron chi connectivity index (χ0n) is 55.6. The predicted molar refractivity (Wildman–Crippen MR) is 349 cm³/mol. The maximum absolute atomic E-state index is 13.0. The molecule has 0 aliphatic carbocycles. The van der Waals surface area contributed by atoms with Crippen LogP contribution in [0.5, 0.6) is 0 Å². The van der Waals surface area contributed by atoms with Crippen molar-refractivity contribution in [1.29, 1.82) is 0 Å². The van der Waals surface area contributed by atoms with Crippen LogP contribution in [0, 0.1) is 5.92 Å². The smallest absolute Gasteiger partial charge is 0.462 e. The molecule has 3 unspecified atom stereocenters. The fourth-order valence-corrected chi connectivity index (χ4v) is 11.3. The van der Waals surface area contributed by atoms with Gasteiger partial charge in [-0.15, -0.1) is 0 Å². The van der Waals surface area contributed by atoms with Gasteiger partial charge in [-0.1, -0.05) is 271 Å². The lowest BCUT2D eigenvalue weighted by atomic mass is 10.00. The first-order valence-corrected chi connectivity index (χ1v) is 38.0. The number of ether oxygens (including phenoxy) is 4. The molecule has 512 valence electrons. The van der Waals surface area contributed by atoms with E-state index in [4.69, 9.17) is 37.0 Å². The molecule has 6 atom stereocenters. The fraction of sp³-hybridized carbons (Fsp3) is 0.882. The van der Waals surface area contributed by atoms with Gasteiger partial charge >= 0.3 is 39.5 Å². The second-order valence-electron chi connectivity index (χ2n) is 24.1. The van der Waals surface area contributed by atoms with E-state index in [1.165, 1.54) is 135 Å². The molecule has 0 radical (unpaired) electrons. The van der Waals surface area contributed by atoms with Gasteiger partial charge in [-0.05, 0) is 57.3 Å². The number of rotatable bonds is 66. The number of carbonyl (C=O) groups is 4. The lowest BCUT2D eigenvalue weighted by Crippen LogP contribution is -2.30. The molecule has 0 spiro atoms. The molecule has 0 saturated carbocycles. The molecule has 0 aromatic rings. The van der Waals surface area contributed by atoms with Gasteiger partial charge in [0.25, 0.3) is 0 Å². The van der Waals surface area contributed by atoms with Crippen molar-refractivity contribution in [2.75, 3.05) is 39.6 Å². The summed E-state index contributed by atoms with van der Waals surface area (Å²) in [6.45, 7) is 7.10. The van der Waals surface area contributed by atoms with Crippen molar-refractivity contribution in [3.05, 3.63) is 24.3 Å². The van der Waals surface area contributed by atoms with Crippen LogP contribution in [-0.4, -0.2) is 96.7 Å². The van der Waals surface area contributed by atoms with E-state index in [0.717, 1.165) is 109 Å². The number of hydrogen-bond acceptors (Lipinski definition) is 15. The van der Waals surface area contributed by atoms with Crippen LogP contribution in [0.3, 0.4) is 0 Å². The van der Waals surface area contributed by atoms with Crippen LogP contribution in [0.15, 0.2) is 24.3 Å². The van der Waals surface area contributed by atoms with Crippen LogP contribution in [0.2, 0.25) is 0 Å². The monoisotopic (exact) mass is 1280 g/mol. The quantitative estimate of drug-likeness (QED) is 0.0169. The molecule has 0 bridgehead atoms. The Labute approximate surface area is 529 Å². The van der Waals surface area contributed by atoms with Gasteiger partial charge < -0.3 is 33.8 Å². The van der Waals surface area contributed by atoms with Crippen LogP contribution < -0.4 is 0 Å². The lowest BCUT2D eigenvalue weighted by Gasteiger charge is -2.21. The summed E-state index contributed by atoms with van der Waals surface area (Å²) < 4.78 is 68.1. The summed E-state index contributed by atoms with van der Waals surface area (Å²) in [5.74, 6) is -1.44. The van der Waals surface area contributed by atoms with Crippen molar-refractivity contribution in [1.82, 2.24) is 0 Å². The Hall–Kier alpha value is -2.46. The molecular weight excluding hydrogens is 1150 g/mol. The van der Waals surface area contributed by atoms with Gasteiger partial charge in [0.1, 0.15) is 19.3 Å². The highest BCUT2D eigenvalue weighted by atomic mass is 31.2. The first kappa shape index (κ1) is 84.5. The van der Waals surface area contributed by atoms with Gasteiger partial charge in [0.05, 0.1) is 26.4 Å². The van der Waals surface area contributed by atoms with Crippen molar-refractivity contribution in [3.63, 3.8) is 0 Å². The molecule has 0 amide bonds. The van der Waals surface area contributed by atoms with Crippen molar-refractivity contribution in [2.45, 2.75) is 342 Å². The number of aliphatic hydroxyl groups excluding tert-OH is 1. The third-order valence-corrected chi connectivity index (χ3v) is 17.4. The highest BCUT2D eigenvalue weighted by Gasteiger charge is 2.30. The largest absolute Gasteiger partial charge is 0.472 e. The van der Waals surface area contributed by atoms with E-state index in [0.29, 0.717) is 25.7 Å². The average Bonchev–Trinajstić information content (AvgIpc) is 3.71. The Morgan fingerprint density at radius 2 is 0.644 bits per heavy atom. The summed E-state index contributed by atoms with van der Waals surface area (Å²) in [6, 6.07) is 0. The minimum Gasteiger partial charge on any atom is -0.462 e. The zero-order valence-corrected chi connectivity index (χ0v) is 57.4. The molecular formula is C68H128O17P2. The molecule has 0 aliphatic heterocycles. The third kappa shape index (κ3) is 60.9. The van der Waals surface area contributed by atoms with Gasteiger partial charge in [0.2, 0.25) is 0 Å². The number of phosphoric ester groups is 2. The zero-order chi connectivity index (χ0) is 64.2. The number of aliphatic hydroxyl groups is 1. The standard InChI is InChI=1S/C68H128O17P2/c1-6-10-13-16-19-22-24-26-27-29-31-34-37-43-48-53-67(72)84-63(57-79-66(71)52-47-42-36-33-30-28-25-23-20-17-14-11-7-2)59-82-86(74,75)80-55-62(69)56-81-87(76,77)83-60-64(58-78-65(70)51-46-41-35-32-21-18-15-12-8-3)85-68(73)54-49-44-39-38-40-45-50-61(5)9-4/h22,24,26-27,61-64,69H,6-21,23,25,28-60H2,1-5H3,(H,74,75)(H,76,77)/b24-22-,27-26-/t61?,62-,63-,64-/m1/s1. The number of allylic oxidation sites excluding steroid dienone is 4. The Kier molecular flexibility index (Phi) is 59.3. The molecule has 0 saturated heterocycles. The third-order valence-electron chi connectivity index (χ3n) is 15.5. The second kappa shape index (κ2) is 61.1. The molecule has 17 nitrogen and oxygen atoms in total. The maximum Gasteiger partial charge on any atom is 0.472 e. The van der Waals surface area contributed by atoms with E-state index < -0.39 is 97.5 Å². The Morgan fingerprint density at radius 3 is 0.977 bits per heavy atom. The topological polar surface area (TPSA) is 237 Å². The van der Waals surface area contributed by atoms with E-state index in [1.807, 2.05) is 0 Å². The normalized spacial score (nSPS) is 14.6. The fourth-order valence-electron chi connectivity index (χ4n) is 9.72. The van der Waals surface area contributed by atoms with Crippen LogP contribution in [0.1, 0.15) is 324 Å². The van der Waals surface area contributed by atoms with E-state index in [2.05, 4.69) is 58.9 Å². The molecule has 87 heavy (non-hydrogen) atoms. The Bertz CT molecular complexity index is 1780. The molecule has 0 aromatic carbocycles. The van der Waals surface area contributed by atoms with Crippen LogP contribution in [0.25, 0.3) is 0 Å². The number of hydrogen-bond donors (Lipinski definition) is 3. The summed E-state index contributed by atoms with van der Waals surface area (Å²) >= 11 is 0. The van der Waals surface area contributed by atoms with Crippen molar-refractivity contribution >= 4 is 39.5 Å². The number of phosphoric acid groups is 2. The van der Waals surface area contributed by atoms with Gasteiger partial charge in [0.15, 0.2) is 12.2 Å². The van der Waals surface area contributed by atoms with Crippen molar-refractivity contribution < 1.29 is 80.2 Å². The predicted octanol–water partition coefficient (Wildman–Crippen LogP) is 18.9. The molecule has 3 N–H and O–H groups in total. The SMILES string of the molecule is CCCCCC/C=C\C=C/CCCCCCCC(=O)O[C@H](COC(=O)CCCCCCCCCCCCCCC)COP(=O)(O)OC[C@@H](O)COP(=O)(O)OC[C@@H](COC(=O)CCCCCCCCCCC)OC(=O)CCCCCCCCC(C)CC. The lowest BCUT2D eigenvalue weighted by molar-refractivity contribution is -0.161. The molecule has 0 aliphatic rings. The molecule has 19 heteroatoms. The minimum absolute atomic E-state index is 0.0853. The number of unbranched alkanes of at least 4 members (excludes halogenated alkanes) is 34. The van der Waals surface area contributed by atoms with E-state index >= 15 is 0 Å². The van der Waals surface area contributed by atoms with Crippen LogP contribution >= 0.6 is 15.6 Å². The maximum atomic E-state index is 13.0. The first-order valence-electron chi connectivity index (χ1n) is 35.0. The highest BCUT2D eigenvalue weighted by molar-refractivity contribution is 7.47. The molecule has 0 rings (SSSR count). The second-order valence-corrected chi connectivity index (χ2v) is 27.0. The Balaban J connectivity index is 5.28. The van der Waals surface area contributed by atoms with E-state index in [9.17, 15) is 43.2 Å². The molecule has 0 fully saturated rings. The average molecular weight is 1280 g/mol. The summed E-state index contributed by atoms with van der Waals surface area (Å²) in [4.78, 5) is 72.3. The summed E-state index contributed by atoms with van der Waals surface area (Å²) in [5.41, 5.74) is 0. The molecule has 0 aromatic heterocycles. The summed E-state index contributed by atoms with van der Waals surface area (Å²) in [7, 11) is -9.91. The van der Waals surface area contributed by atoms with Crippen LogP contribution in [-0.2, 0) is 65.4 Å². The molecule has 0 heterocycles. The van der Waals surface area contributed by atoms with Crippen molar-refractivity contribution in [3.8, 4) is 0 Å². The van der Waals surface area contributed by atoms with Gasteiger partial charge in [-0.25, -0.2) is 9.13 Å². The van der Waals surface area contributed by atoms with Gasteiger partial charge in [0, 0.05) is 25.7 Å². The van der Waals surface area contributed by atoms with Crippen LogP contribution in [0.4, 0.5) is 0 Å². The number of carbonyl (C=O) groups excluding carboxylic acids is 4. The van der Waals surface area contributed by atoms with E-state index in [1.54, 1.807) is 0 Å². The Morgan fingerprint density at radius 1 is 0.368 bits per heavy atom. The minimum atomic E-state index is -4.96. The highest BCUT2D eigenvalue weighted by Crippen LogP contribution is 2.45. The summed E-state index contributed by atoms with van der Waals surface area (Å²) in [6.07, 6.45) is 49.4.